The predicted octanol–water partition coefficient (Wildman–Crippen LogP) is 1.32. The summed E-state index contributed by atoms with van der Waals surface area (Å²) < 4.78 is 5.05. The molecule has 0 N–H and O–H groups in total. The molecule has 0 aromatic heterocycles. The number of nitrogens with zero attached hydrogens (tertiary/aromatic N) is 1. The zero-order valence-electron chi connectivity index (χ0n) is 7.32. The van der Waals surface area contributed by atoms with E-state index in [9.17, 15) is 4.79 Å². The van der Waals surface area contributed by atoms with Crippen molar-refractivity contribution in [2.24, 2.45) is 5.92 Å². The molecule has 0 aromatic carbocycles. The van der Waals surface area contributed by atoms with Gasteiger partial charge in [-0.2, -0.15) is 0 Å². The van der Waals surface area contributed by atoms with Crippen molar-refractivity contribution in [3.63, 3.8) is 0 Å². The molecule has 1 amide bonds. The first-order valence-corrected chi connectivity index (χ1v) is 4.53. The van der Waals surface area contributed by atoms with Crippen LogP contribution in [0.2, 0.25) is 0 Å². The number of ether oxygens (including phenoxy) is 1. The highest BCUT2D eigenvalue weighted by Gasteiger charge is 2.56. The third kappa shape index (κ3) is 0.644. The minimum Gasteiger partial charge on any atom is -0.449 e. The van der Waals surface area contributed by atoms with Gasteiger partial charge in [0.25, 0.3) is 0 Å². The molecule has 0 spiro atoms. The topological polar surface area (TPSA) is 29.5 Å². The second kappa shape index (κ2) is 1.97. The minimum absolute atomic E-state index is 0.178. The van der Waals surface area contributed by atoms with E-state index in [0.29, 0.717) is 12.5 Å². The summed E-state index contributed by atoms with van der Waals surface area (Å²) in [6, 6.07) is 0.372. The molecule has 13 heavy (non-hydrogen) atoms. The lowest BCUT2D eigenvalue weighted by molar-refractivity contribution is 0.0584. The summed E-state index contributed by atoms with van der Waals surface area (Å²) in [5.41, 5.74) is 2.07. The number of rotatable bonds is 0. The number of cyclic esters (lactones) is 1. The molecular formula is C10H11NO2. The SMILES string of the molecule is C=C1C(=C)[C@@H]2C3COC(=O)N2[C@@H]1C3. The lowest BCUT2D eigenvalue weighted by atomic mass is 9.84. The zero-order chi connectivity index (χ0) is 9.16. The van der Waals surface area contributed by atoms with Crippen LogP contribution in [0.3, 0.4) is 0 Å². The van der Waals surface area contributed by atoms with Gasteiger partial charge in [0.15, 0.2) is 0 Å². The van der Waals surface area contributed by atoms with Crippen molar-refractivity contribution in [3.05, 3.63) is 24.3 Å². The highest BCUT2D eigenvalue weighted by molar-refractivity contribution is 5.74. The summed E-state index contributed by atoms with van der Waals surface area (Å²) in [6.07, 6.45) is 0.817. The van der Waals surface area contributed by atoms with Gasteiger partial charge in [0.2, 0.25) is 0 Å². The van der Waals surface area contributed by atoms with E-state index in [1.807, 2.05) is 0 Å². The van der Waals surface area contributed by atoms with E-state index < -0.39 is 0 Å². The molecule has 3 saturated heterocycles. The van der Waals surface area contributed by atoms with Crippen LogP contribution < -0.4 is 0 Å². The Hall–Kier alpha value is -1.25. The summed E-state index contributed by atoms with van der Waals surface area (Å²) in [6.45, 7) is 8.51. The molecule has 3 rings (SSSR count). The van der Waals surface area contributed by atoms with Crippen molar-refractivity contribution in [2.75, 3.05) is 6.61 Å². The van der Waals surface area contributed by atoms with Gasteiger partial charge in [-0.25, -0.2) is 4.79 Å². The van der Waals surface area contributed by atoms with Crippen molar-refractivity contribution in [2.45, 2.75) is 18.5 Å². The van der Waals surface area contributed by atoms with Gasteiger partial charge in [-0.1, -0.05) is 13.2 Å². The molecule has 0 radical (unpaired) electrons. The summed E-state index contributed by atoms with van der Waals surface area (Å²) in [5, 5.41) is 0. The summed E-state index contributed by atoms with van der Waals surface area (Å²) >= 11 is 0. The van der Waals surface area contributed by atoms with Gasteiger partial charge in [-0.15, -0.1) is 0 Å². The molecular weight excluding hydrogens is 166 g/mol. The van der Waals surface area contributed by atoms with Crippen LogP contribution >= 0.6 is 0 Å². The number of hydrogen-bond donors (Lipinski definition) is 0. The van der Waals surface area contributed by atoms with Gasteiger partial charge in [0.05, 0.1) is 18.7 Å². The monoisotopic (exact) mass is 177 g/mol. The second-order valence-corrected chi connectivity index (χ2v) is 3.99. The third-order valence-corrected chi connectivity index (χ3v) is 3.41. The molecule has 3 atom stereocenters. The molecule has 3 heteroatoms. The van der Waals surface area contributed by atoms with E-state index in [1.165, 1.54) is 0 Å². The minimum atomic E-state index is -0.191. The van der Waals surface area contributed by atoms with E-state index in [0.717, 1.165) is 17.6 Å². The van der Waals surface area contributed by atoms with Gasteiger partial charge < -0.3 is 4.74 Å². The number of amides is 1. The Kier molecular flexibility index (Phi) is 1.09. The van der Waals surface area contributed by atoms with Crippen molar-refractivity contribution in [1.82, 2.24) is 4.90 Å². The van der Waals surface area contributed by atoms with Gasteiger partial charge in [-0.05, 0) is 17.6 Å². The van der Waals surface area contributed by atoms with Gasteiger partial charge in [-0.3, -0.25) is 4.90 Å². The molecule has 3 aliphatic rings. The Labute approximate surface area is 76.7 Å². The average molecular weight is 177 g/mol. The fourth-order valence-corrected chi connectivity index (χ4v) is 2.77. The van der Waals surface area contributed by atoms with Crippen LogP contribution in [0.15, 0.2) is 24.3 Å². The highest BCUT2D eigenvalue weighted by atomic mass is 16.6. The van der Waals surface area contributed by atoms with Crippen LogP contribution in [-0.4, -0.2) is 29.7 Å². The summed E-state index contributed by atoms with van der Waals surface area (Å²) in [5.74, 6) is 0.459. The van der Waals surface area contributed by atoms with E-state index in [1.54, 1.807) is 4.90 Å². The van der Waals surface area contributed by atoms with Crippen molar-refractivity contribution in [3.8, 4) is 0 Å². The fourth-order valence-electron chi connectivity index (χ4n) is 2.77. The molecule has 68 valence electrons. The van der Waals surface area contributed by atoms with Gasteiger partial charge in [0.1, 0.15) is 0 Å². The molecule has 3 fully saturated rings. The van der Waals surface area contributed by atoms with Gasteiger partial charge in [0, 0.05) is 5.92 Å². The first kappa shape index (κ1) is 7.18. The summed E-state index contributed by atoms with van der Waals surface area (Å²) in [7, 11) is 0. The van der Waals surface area contributed by atoms with E-state index >= 15 is 0 Å². The standard InChI is InChI=1S/C10H11NO2/c1-5-6(2)9-7-3-8(5)11(9)10(12)13-4-7/h7-9H,1-4H2/t7?,8-,9-/m1/s1. The molecule has 1 unspecified atom stereocenters. The number of carbonyl (C=O) groups is 1. The molecule has 0 aromatic rings. The largest absolute Gasteiger partial charge is 0.449 e. The average Bonchev–Trinajstić information content (AvgIpc) is 2.53. The lowest BCUT2D eigenvalue weighted by Gasteiger charge is -2.29. The maximum Gasteiger partial charge on any atom is 0.410 e. The maximum atomic E-state index is 11.4. The van der Waals surface area contributed by atoms with E-state index in [-0.39, 0.29) is 18.2 Å². The first-order valence-electron chi connectivity index (χ1n) is 4.53. The highest BCUT2D eigenvalue weighted by Crippen LogP contribution is 2.49. The molecule has 3 aliphatic heterocycles. The van der Waals surface area contributed by atoms with Crippen molar-refractivity contribution >= 4 is 6.09 Å². The third-order valence-electron chi connectivity index (χ3n) is 3.41. The molecule has 0 aliphatic carbocycles. The van der Waals surface area contributed by atoms with Crippen LogP contribution in [0.4, 0.5) is 4.79 Å². The molecule has 0 saturated carbocycles. The molecule has 3 nitrogen and oxygen atoms in total. The van der Waals surface area contributed by atoms with E-state index in [4.69, 9.17) is 4.74 Å². The van der Waals surface area contributed by atoms with Crippen LogP contribution in [0.25, 0.3) is 0 Å². The van der Waals surface area contributed by atoms with Crippen LogP contribution in [0.5, 0.6) is 0 Å². The van der Waals surface area contributed by atoms with Crippen LogP contribution in [0.1, 0.15) is 6.42 Å². The van der Waals surface area contributed by atoms with Crippen molar-refractivity contribution < 1.29 is 9.53 Å². The van der Waals surface area contributed by atoms with E-state index in [2.05, 4.69) is 13.2 Å². The Bertz CT molecular complexity index is 334. The number of hydrogen-bond acceptors (Lipinski definition) is 2. The fraction of sp³-hybridized carbons (Fsp3) is 0.500. The number of carbonyl (C=O) groups excluding carboxylic acids is 1. The van der Waals surface area contributed by atoms with Crippen LogP contribution in [0, 0.1) is 5.92 Å². The zero-order valence-corrected chi connectivity index (χ0v) is 7.32. The Morgan fingerprint density at radius 3 is 2.85 bits per heavy atom. The maximum absolute atomic E-state index is 11.4. The molecule has 3 heterocycles. The second-order valence-electron chi connectivity index (χ2n) is 3.99. The van der Waals surface area contributed by atoms with Gasteiger partial charge >= 0.3 is 6.09 Å². The predicted molar refractivity (Wildman–Crippen MR) is 47.2 cm³/mol. The quantitative estimate of drug-likeness (QED) is 0.558. The Morgan fingerprint density at radius 1 is 1.38 bits per heavy atom. The van der Waals surface area contributed by atoms with Crippen molar-refractivity contribution in [1.29, 1.82) is 0 Å². The Balaban J connectivity index is 2.10. The smallest absolute Gasteiger partial charge is 0.410 e. The molecule has 4 bridgehead atoms. The lowest BCUT2D eigenvalue weighted by Crippen LogP contribution is -2.42. The Morgan fingerprint density at radius 2 is 2.15 bits per heavy atom. The summed E-state index contributed by atoms with van der Waals surface area (Å²) in [4.78, 5) is 13.2. The normalized spacial score (nSPS) is 41.4. The van der Waals surface area contributed by atoms with Crippen LogP contribution in [-0.2, 0) is 4.74 Å². The first-order chi connectivity index (χ1) is 6.20.